The molecule has 0 bridgehead atoms. The lowest BCUT2D eigenvalue weighted by atomic mass is 9.89. The van der Waals surface area contributed by atoms with Crippen molar-refractivity contribution < 1.29 is 17.6 Å². The molecule has 5 nitrogen and oxygen atoms in total. The Bertz CT molecular complexity index is 1260. The minimum absolute atomic E-state index is 0.00668. The Morgan fingerprint density at radius 2 is 1.65 bits per heavy atom. The number of benzene rings is 3. The second-order valence-corrected chi connectivity index (χ2v) is 10.4. The van der Waals surface area contributed by atoms with Crippen molar-refractivity contribution in [1.29, 1.82) is 0 Å². The summed E-state index contributed by atoms with van der Waals surface area (Å²) in [5, 5.41) is 2.97. The van der Waals surface area contributed by atoms with Gasteiger partial charge in [-0.25, -0.2) is 12.8 Å². The van der Waals surface area contributed by atoms with Gasteiger partial charge in [-0.3, -0.25) is 9.10 Å². The van der Waals surface area contributed by atoms with Crippen LogP contribution in [0, 0.1) is 5.82 Å². The van der Waals surface area contributed by atoms with E-state index in [2.05, 4.69) is 17.4 Å². The van der Waals surface area contributed by atoms with Crippen molar-refractivity contribution in [1.82, 2.24) is 5.32 Å². The van der Waals surface area contributed by atoms with Crippen LogP contribution in [-0.2, 0) is 27.7 Å². The molecular weight excluding hydrogens is 451 g/mol. The number of aryl methyl sites for hydroxylation is 2. The third kappa shape index (κ3) is 5.14. The van der Waals surface area contributed by atoms with E-state index >= 15 is 0 Å². The van der Waals surface area contributed by atoms with Gasteiger partial charge in [-0.05, 0) is 73.1 Å². The predicted octanol–water partition coefficient (Wildman–Crippen LogP) is 5.17. The molecule has 178 valence electrons. The quantitative estimate of drug-likeness (QED) is 0.484. The minimum Gasteiger partial charge on any atom is -0.348 e. The van der Waals surface area contributed by atoms with Crippen LogP contribution in [0.5, 0.6) is 0 Å². The summed E-state index contributed by atoms with van der Waals surface area (Å²) >= 11 is 0. The van der Waals surface area contributed by atoms with Crippen LogP contribution in [0.4, 0.5) is 10.1 Å². The summed E-state index contributed by atoms with van der Waals surface area (Å²) in [6.07, 6.45) is 5.11. The van der Waals surface area contributed by atoms with Crippen molar-refractivity contribution in [2.75, 3.05) is 10.8 Å². The van der Waals surface area contributed by atoms with E-state index in [0.717, 1.165) is 29.1 Å². The van der Waals surface area contributed by atoms with Crippen LogP contribution in [0.25, 0.3) is 0 Å². The number of hydrogen-bond donors (Lipinski definition) is 1. The number of carbonyl (C=O) groups is 1. The fourth-order valence-corrected chi connectivity index (χ4v) is 5.88. The van der Waals surface area contributed by atoms with E-state index in [9.17, 15) is 17.6 Å². The first-order valence-electron chi connectivity index (χ1n) is 11.6. The standard InChI is InChI=1S/C27H29FN2O3S/c1-2-25(22-17-16-20-10-6-7-11-21(20)18-22)29-27(31)19-30(26-15-9-8-14-24(26)28)34(32,33)23-12-4-3-5-13-23/h3-5,8-9,12-18,25H,2,6-7,10-11,19H2,1H3,(H,29,31). The SMILES string of the molecule is CCC(NC(=O)CN(c1ccccc1F)S(=O)(=O)c1ccccc1)c1ccc2c(c1)CCCC2. The number of rotatable bonds is 8. The number of nitrogens with one attached hydrogen (secondary N) is 1. The summed E-state index contributed by atoms with van der Waals surface area (Å²) in [6, 6.07) is 19.4. The summed E-state index contributed by atoms with van der Waals surface area (Å²) in [5.74, 6) is -1.20. The normalized spacial score (nSPS) is 14.2. The van der Waals surface area contributed by atoms with Gasteiger partial charge in [0.1, 0.15) is 12.4 Å². The van der Waals surface area contributed by atoms with Crippen LogP contribution < -0.4 is 9.62 Å². The molecule has 0 aromatic heterocycles. The van der Waals surface area contributed by atoms with Crippen LogP contribution in [-0.4, -0.2) is 20.9 Å². The zero-order valence-electron chi connectivity index (χ0n) is 19.2. The number of halogens is 1. The van der Waals surface area contributed by atoms with Gasteiger partial charge in [0, 0.05) is 0 Å². The molecular formula is C27H29FN2O3S. The Balaban J connectivity index is 1.60. The lowest BCUT2D eigenvalue weighted by Crippen LogP contribution is -2.42. The number of fused-ring (bicyclic) bond motifs is 1. The van der Waals surface area contributed by atoms with Gasteiger partial charge >= 0.3 is 0 Å². The third-order valence-electron chi connectivity index (χ3n) is 6.26. The molecule has 1 aliphatic rings. The van der Waals surface area contributed by atoms with Crippen molar-refractivity contribution in [2.24, 2.45) is 0 Å². The molecule has 1 unspecified atom stereocenters. The number of amides is 1. The maximum absolute atomic E-state index is 14.7. The topological polar surface area (TPSA) is 66.5 Å². The first kappa shape index (κ1) is 24.0. The summed E-state index contributed by atoms with van der Waals surface area (Å²) in [5.41, 5.74) is 3.51. The maximum atomic E-state index is 14.7. The number of nitrogens with zero attached hydrogens (tertiary/aromatic N) is 1. The summed E-state index contributed by atoms with van der Waals surface area (Å²) in [7, 11) is -4.16. The van der Waals surface area contributed by atoms with E-state index in [-0.39, 0.29) is 16.6 Å². The zero-order chi connectivity index (χ0) is 24.1. The Labute approximate surface area is 200 Å². The Morgan fingerprint density at radius 3 is 2.35 bits per heavy atom. The smallest absolute Gasteiger partial charge is 0.264 e. The second kappa shape index (κ2) is 10.4. The Kier molecular flexibility index (Phi) is 7.32. The molecule has 1 aliphatic carbocycles. The Morgan fingerprint density at radius 1 is 0.971 bits per heavy atom. The van der Waals surface area contributed by atoms with E-state index in [1.54, 1.807) is 24.3 Å². The molecule has 4 rings (SSSR count). The molecule has 34 heavy (non-hydrogen) atoms. The first-order chi connectivity index (χ1) is 16.4. The van der Waals surface area contributed by atoms with Crippen LogP contribution in [0.3, 0.4) is 0 Å². The number of para-hydroxylation sites is 1. The largest absolute Gasteiger partial charge is 0.348 e. The van der Waals surface area contributed by atoms with E-state index < -0.39 is 28.3 Å². The maximum Gasteiger partial charge on any atom is 0.264 e. The third-order valence-corrected chi connectivity index (χ3v) is 8.03. The fraction of sp³-hybridized carbons (Fsp3) is 0.296. The second-order valence-electron chi connectivity index (χ2n) is 8.54. The van der Waals surface area contributed by atoms with Gasteiger partial charge in [-0.1, -0.05) is 55.5 Å². The molecule has 0 saturated carbocycles. The van der Waals surface area contributed by atoms with Gasteiger partial charge < -0.3 is 5.32 Å². The van der Waals surface area contributed by atoms with Gasteiger partial charge in [0.25, 0.3) is 10.0 Å². The highest BCUT2D eigenvalue weighted by atomic mass is 32.2. The van der Waals surface area contributed by atoms with Gasteiger partial charge in [0.15, 0.2) is 0 Å². The molecule has 0 saturated heterocycles. The minimum atomic E-state index is -4.16. The van der Waals surface area contributed by atoms with E-state index in [1.807, 2.05) is 13.0 Å². The zero-order valence-corrected chi connectivity index (χ0v) is 20.0. The molecule has 1 atom stereocenters. The lowest BCUT2D eigenvalue weighted by Gasteiger charge is -2.26. The number of sulfonamides is 1. The van der Waals surface area contributed by atoms with E-state index in [1.165, 1.54) is 47.9 Å². The molecule has 7 heteroatoms. The van der Waals surface area contributed by atoms with Gasteiger partial charge in [0.05, 0.1) is 16.6 Å². The molecule has 1 N–H and O–H groups in total. The monoisotopic (exact) mass is 480 g/mol. The predicted molar refractivity (Wildman–Crippen MR) is 132 cm³/mol. The first-order valence-corrected chi connectivity index (χ1v) is 13.1. The highest BCUT2D eigenvalue weighted by Gasteiger charge is 2.29. The number of anilines is 1. The van der Waals surface area contributed by atoms with Crippen molar-refractivity contribution in [3.05, 3.63) is 95.3 Å². The number of carbonyl (C=O) groups excluding carboxylic acids is 1. The van der Waals surface area contributed by atoms with Gasteiger partial charge in [0.2, 0.25) is 5.91 Å². The van der Waals surface area contributed by atoms with Gasteiger partial charge in [-0.2, -0.15) is 0 Å². The summed E-state index contributed by atoms with van der Waals surface area (Å²) in [6.45, 7) is 1.44. The van der Waals surface area contributed by atoms with E-state index in [4.69, 9.17) is 0 Å². The average molecular weight is 481 g/mol. The van der Waals surface area contributed by atoms with E-state index in [0.29, 0.717) is 6.42 Å². The van der Waals surface area contributed by atoms with Crippen molar-refractivity contribution in [3.8, 4) is 0 Å². The molecule has 0 aliphatic heterocycles. The fourth-order valence-electron chi connectivity index (χ4n) is 4.43. The summed E-state index contributed by atoms with van der Waals surface area (Å²) in [4.78, 5) is 13.1. The average Bonchev–Trinajstić information content (AvgIpc) is 2.86. The highest BCUT2D eigenvalue weighted by Crippen LogP contribution is 2.28. The molecule has 0 spiro atoms. The molecule has 0 fully saturated rings. The molecule has 1 amide bonds. The summed E-state index contributed by atoms with van der Waals surface area (Å²) < 4.78 is 42.3. The molecule has 0 radical (unpaired) electrons. The Hall–Kier alpha value is -3.19. The van der Waals surface area contributed by atoms with Crippen LogP contribution in [0.15, 0.2) is 77.7 Å². The lowest BCUT2D eigenvalue weighted by molar-refractivity contribution is -0.120. The van der Waals surface area contributed by atoms with Crippen LogP contribution in [0.2, 0.25) is 0 Å². The molecule has 3 aromatic carbocycles. The number of hydrogen-bond acceptors (Lipinski definition) is 3. The van der Waals surface area contributed by atoms with Crippen molar-refractivity contribution >= 4 is 21.6 Å². The molecule has 3 aromatic rings. The molecule has 0 heterocycles. The van der Waals surface area contributed by atoms with Crippen molar-refractivity contribution in [3.63, 3.8) is 0 Å². The highest BCUT2D eigenvalue weighted by molar-refractivity contribution is 7.92. The van der Waals surface area contributed by atoms with Gasteiger partial charge in [-0.15, -0.1) is 0 Å². The van der Waals surface area contributed by atoms with Crippen LogP contribution in [0.1, 0.15) is 48.9 Å². The van der Waals surface area contributed by atoms with Crippen LogP contribution >= 0.6 is 0 Å². The van der Waals surface area contributed by atoms with Crippen molar-refractivity contribution in [2.45, 2.75) is 50.0 Å².